The molecule has 1 unspecified atom stereocenters. The van der Waals surface area contributed by atoms with Crippen molar-refractivity contribution < 1.29 is 14.6 Å². The highest BCUT2D eigenvalue weighted by molar-refractivity contribution is 5.77. The molecule has 0 spiro atoms. The first-order valence-corrected chi connectivity index (χ1v) is 4.66. The van der Waals surface area contributed by atoms with Crippen molar-refractivity contribution >= 4 is 11.7 Å². The van der Waals surface area contributed by atoms with Crippen molar-refractivity contribution in [2.75, 3.05) is 19.1 Å². The third-order valence-corrected chi connectivity index (χ3v) is 2.42. The van der Waals surface area contributed by atoms with Crippen LogP contribution in [0.15, 0.2) is 24.3 Å². The minimum absolute atomic E-state index is 0.543. The van der Waals surface area contributed by atoms with E-state index in [9.17, 15) is 4.79 Å². The number of benzene rings is 1. The molecule has 1 atom stereocenters. The number of likely N-dealkylation sites (N-methyl/N-ethyl adjacent to an activating group) is 1. The summed E-state index contributed by atoms with van der Waals surface area (Å²) in [5.41, 5.74) is 0.853. The van der Waals surface area contributed by atoms with E-state index in [2.05, 4.69) is 0 Å². The predicted molar refractivity (Wildman–Crippen MR) is 58.5 cm³/mol. The van der Waals surface area contributed by atoms with Crippen LogP contribution >= 0.6 is 0 Å². The summed E-state index contributed by atoms with van der Waals surface area (Å²) in [5.74, 6) is -0.0801. The lowest BCUT2D eigenvalue weighted by atomic mass is 10.2. The molecule has 1 rings (SSSR count). The van der Waals surface area contributed by atoms with Crippen LogP contribution in [0.2, 0.25) is 0 Å². The van der Waals surface area contributed by atoms with E-state index in [1.807, 2.05) is 12.1 Å². The van der Waals surface area contributed by atoms with Crippen molar-refractivity contribution in [3.8, 4) is 5.75 Å². The third kappa shape index (κ3) is 2.62. The Hall–Kier alpha value is -1.71. The van der Waals surface area contributed by atoms with Crippen LogP contribution in [0, 0.1) is 0 Å². The fourth-order valence-electron chi connectivity index (χ4n) is 1.21. The van der Waals surface area contributed by atoms with Gasteiger partial charge in [0.2, 0.25) is 0 Å². The quantitative estimate of drug-likeness (QED) is 0.818. The monoisotopic (exact) mass is 209 g/mol. The molecule has 0 amide bonds. The highest BCUT2D eigenvalue weighted by Crippen LogP contribution is 2.19. The topological polar surface area (TPSA) is 49.8 Å². The highest BCUT2D eigenvalue weighted by atomic mass is 16.5. The number of carboxylic acid groups (broad SMARTS) is 1. The minimum atomic E-state index is -0.840. The fourth-order valence-corrected chi connectivity index (χ4v) is 1.21. The Morgan fingerprint density at radius 1 is 1.40 bits per heavy atom. The van der Waals surface area contributed by atoms with Crippen LogP contribution in [0.1, 0.15) is 6.92 Å². The van der Waals surface area contributed by atoms with Gasteiger partial charge in [0.15, 0.2) is 0 Å². The molecule has 0 radical (unpaired) electrons. The zero-order valence-electron chi connectivity index (χ0n) is 9.10. The number of ether oxygens (including phenoxy) is 1. The molecule has 0 fully saturated rings. The smallest absolute Gasteiger partial charge is 0.326 e. The van der Waals surface area contributed by atoms with Crippen molar-refractivity contribution in [3.05, 3.63) is 24.3 Å². The molecule has 0 saturated heterocycles. The van der Waals surface area contributed by atoms with E-state index >= 15 is 0 Å². The first-order chi connectivity index (χ1) is 7.06. The number of anilines is 1. The molecule has 82 valence electrons. The first-order valence-electron chi connectivity index (χ1n) is 4.66. The number of nitrogens with zero attached hydrogens (tertiary/aromatic N) is 1. The average Bonchev–Trinajstić information content (AvgIpc) is 2.27. The molecule has 4 nitrogen and oxygen atoms in total. The van der Waals surface area contributed by atoms with Crippen molar-refractivity contribution in [2.45, 2.75) is 13.0 Å². The maximum atomic E-state index is 10.8. The largest absolute Gasteiger partial charge is 0.497 e. The highest BCUT2D eigenvalue weighted by Gasteiger charge is 2.16. The number of hydrogen-bond acceptors (Lipinski definition) is 3. The lowest BCUT2D eigenvalue weighted by Gasteiger charge is -2.23. The molecule has 1 aromatic carbocycles. The molecule has 0 heterocycles. The van der Waals surface area contributed by atoms with Crippen LogP contribution in [0.4, 0.5) is 5.69 Å². The Balaban J connectivity index is 2.82. The van der Waals surface area contributed by atoms with E-state index in [1.165, 1.54) is 0 Å². The number of carboxylic acids is 1. The van der Waals surface area contributed by atoms with E-state index in [0.29, 0.717) is 0 Å². The molecule has 15 heavy (non-hydrogen) atoms. The molecule has 1 aromatic rings. The molecule has 0 aliphatic rings. The number of carbonyl (C=O) groups is 1. The van der Waals surface area contributed by atoms with Crippen molar-refractivity contribution in [2.24, 2.45) is 0 Å². The van der Waals surface area contributed by atoms with E-state index in [4.69, 9.17) is 9.84 Å². The van der Waals surface area contributed by atoms with Gasteiger partial charge in [0, 0.05) is 12.7 Å². The first kappa shape index (κ1) is 11.4. The van der Waals surface area contributed by atoms with Gasteiger partial charge in [-0.3, -0.25) is 0 Å². The summed E-state index contributed by atoms with van der Waals surface area (Å²) < 4.78 is 5.02. The summed E-state index contributed by atoms with van der Waals surface area (Å²) >= 11 is 0. The Kier molecular flexibility index (Phi) is 3.55. The van der Waals surface area contributed by atoms with Gasteiger partial charge in [0.25, 0.3) is 0 Å². The normalized spacial score (nSPS) is 11.9. The SMILES string of the molecule is COc1ccc(N(C)C(C)C(=O)O)cc1. The van der Waals surface area contributed by atoms with Gasteiger partial charge in [-0.25, -0.2) is 4.79 Å². The van der Waals surface area contributed by atoms with Gasteiger partial charge >= 0.3 is 5.97 Å². The van der Waals surface area contributed by atoms with Gasteiger partial charge in [-0.05, 0) is 31.2 Å². The zero-order chi connectivity index (χ0) is 11.4. The average molecular weight is 209 g/mol. The predicted octanol–water partition coefficient (Wildman–Crippen LogP) is 1.60. The van der Waals surface area contributed by atoms with Gasteiger partial charge in [-0.2, -0.15) is 0 Å². The minimum Gasteiger partial charge on any atom is -0.497 e. The Morgan fingerprint density at radius 3 is 2.33 bits per heavy atom. The molecular weight excluding hydrogens is 194 g/mol. The van der Waals surface area contributed by atoms with E-state index in [-0.39, 0.29) is 0 Å². The molecule has 1 N–H and O–H groups in total. The molecule has 0 aliphatic heterocycles. The Morgan fingerprint density at radius 2 is 1.93 bits per heavy atom. The van der Waals surface area contributed by atoms with Gasteiger partial charge in [0.1, 0.15) is 11.8 Å². The molecule has 0 saturated carbocycles. The van der Waals surface area contributed by atoms with Gasteiger partial charge in [-0.15, -0.1) is 0 Å². The summed E-state index contributed by atoms with van der Waals surface area (Å²) in [7, 11) is 3.35. The van der Waals surface area contributed by atoms with Crippen LogP contribution < -0.4 is 9.64 Å². The maximum absolute atomic E-state index is 10.8. The summed E-state index contributed by atoms with van der Waals surface area (Å²) in [6.07, 6.45) is 0. The van der Waals surface area contributed by atoms with E-state index < -0.39 is 12.0 Å². The van der Waals surface area contributed by atoms with Crippen LogP contribution in [-0.4, -0.2) is 31.3 Å². The summed E-state index contributed by atoms with van der Waals surface area (Å²) in [6.45, 7) is 1.65. The van der Waals surface area contributed by atoms with Crippen molar-refractivity contribution in [1.29, 1.82) is 0 Å². The van der Waals surface area contributed by atoms with Crippen molar-refractivity contribution in [1.82, 2.24) is 0 Å². The molecular formula is C11H15NO3. The second kappa shape index (κ2) is 4.68. The zero-order valence-corrected chi connectivity index (χ0v) is 9.10. The van der Waals surface area contributed by atoms with Crippen LogP contribution in [0.5, 0.6) is 5.75 Å². The maximum Gasteiger partial charge on any atom is 0.326 e. The lowest BCUT2D eigenvalue weighted by molar-refractivity contribution is -0.138. The standard InChI is InChI=1S/C11H15NO3/c1-8(11(13)14)12(2)9-4-6-10(15-3)7-5-9/h4-8H,1-3H3,(H,13,14). The van der Waals surface area contributed by atoms with Crippen LogP contribution in [0.25, 0.3) is 0 Å². The van der Waals surface area contributed by atoms with Gasteiger partial charge in [0.05, 0.1) is 7.11 Å². The molecule has 0 bridgehead atoms. The number of rotatable bonds is 4. The molecule has 0 aromatic heterocycles. The summed E-state index contributed by atoms with van der Waals surface area (Å²) in [5, 5.41) is 8.85. The van der Waals surface area contributed by atoms with Crippen molar-refractivity contribution in [3.63, 3.8) is 0 Å². The number of methoxy groups -OCH3 is 1. The molecule has 4 heteroatoms. The van der Waals surface area contributed by atoms with Gasteiger partial charge in [-0.1, -0.05) is 0 Å². The lowest BCUT2D eigenvalue weighted by Crippen LogP contribution is -2.35. The number of aliphatic carboxylic acids is 1. The fraction of sp³-hybridized carbons (Fsp3) is 0.364. The Labute approximate surface area is 89.1 Å². The Bertz CT molecular complexity index is 334. The van der Waals surface area contributed by atoms with Gasteiger partial charge < -0.3 is 14.7 Å². The van der Waals surface area contributed by atoms with Crippen LogP contribution in [-0.2, 0) is 4.79 Å². The van der Waals surface area contributed by atoms with E-state index in [0.717, 1.165) is 11.4 Å². The number of hydrogen-bond donors (Lipinski definition) is 1. The summed E-state index contributed by atoms with van der Waals surface area (Å²) in [4.78, 5) is 12.5. The van der Waals surface area contributed by atoms with E-state index in [1.54, 1.807) is 38.1 Å². The molecule has 0 aliphatic carbocycles. The van der Waals surface area contributed by atoms with Crippen LogP contribution in [0.3, 0.4) is 0 Å². The third-order valence-electron chi connectivity index (χ3n) is 2.42. The summed E-state index contributed by atoms with van der Waals surface area (Å²) in [6, 6.07) is 6.73. The second-order valence-electron chi connectivity index (χ2n) is 3.32. The second-order valence-corrected chi connectivity index (χ2v) is 3.32.